The molecule has 4 rings (SSSR count). The Morgan fingerprint density at radius 1 is 1.00 bits per heavy atom. The van der Waals surface area contributed by atoms with Gasteiger partial charge in [-0.3, -0.25) is 0 Å². The van der Waals surface area contributed by atoms with Gasteiger partial charge in [-0.05, 0) is 37.3 Å². The molecule has 2 aliphatic rings. The van der Waals surface area contributed by atoms with Crippen LogP contribution < -0.4 is 10.6 Å². The summed E-state index contributed by atoms with van der Waals surface area (Å²) in [6, 6.07) is 9.10. The Bertz CT molecular complexity index is 700. The molecule has 2 aliphatic carbocycles. The van der Waals surface area contributed by atoms with Gasteiger partial charge in [0.2, 0.25) is 0 Å². The molecular weight excluding hydrogens is 286 g/mol. The van der Waals surface area contributed by atoms with Gasteiger partial charge < -0.3 is 15.6 Å². The lowest BCUT2D eigenvalue weighted by Crippen LogP contribution is -2.48. The van der Waals surface area contributed by atoms with E-state index in [0.29, 0.717) is 6.04 Å². The number of carbonyl (C=O) groups is 1. The predicted molar refractivity (Wildman–Crippen MR) is 92.7 cm³/mol. The maximum atomic E-state index is 12.2. The molecule has 0 radical (unpaired) electrons. The van der Waals surface area contributed by atoms with Crippen molar-refractivity contribution in [3.8, 4) is 0 Å². The first-order valence-electron chi connectivity index (χ1n) is 8.95. The Morgan fingerprint density at radius 3 is 2.65 bits per heavy atom. The van der Waals surface area contributed by atoms with E-state index in [1.54, 1.807) is 0 Å². The first kappa shape index (κ1) is 14.6. The van der Waals surface area contributed by atoms with Gasteiger partial charge in [0, 0.05) is 35.1 Å². The summed E-state index contributed by atoms with van der Waals surface area (Å²) in [6.07, 6.45) is 9.02. The summed E-state index contributed by atoms with van der Waals surface area (Å²) in [4.78, 5) is 15.8. The van der Waals surface area contributed by atoms with Gasteiger partial charge in [0.1, 0.15) is 0 Å². The zero-order chi connectivity index (χ0) is 15.6. The van der Waals surface area contributed by atoms with Crippen LogP contribution in [0.3, 0.4) is 0 Å². The Morgan fingerprint density at radius 2 is 1.78 bits per heavy atom. The highest BCUT2D eigenvalue weighted by atomic mass is 16.2. The molecule has 122 valence electrons. The van der Waals surface area contributed by atoms with Crippen LogP contribution in [-0.2, 0) is 12.8 Å². The third-order valence-electron chi connectivity index (χ3n) is 5.37. The molecule has 0 aliphatic heterocycles. The summed E-state index contributed by atoms with van der Waals surface area (Å²) in [5.74, 6) is 0. The molecule has 1 saturated carbocycles. The number of hydrogen-bond acceptors (Lipinski definition) is 1. The summed E-state index contributed by atoms with van der Waals surface area (Å²) >= 11 is 0. The van der Waals surface area contributed by atoms with Crippen molar-refractivity contribution < 1.29 is 4.79 Å². The molecule has 0 bridgehead atoms. The minimum Gasteiger partial charge on any atom is -0.358 e. The minimum absolute atomic E-state index is 0.0152. The zero-order valence-electron chi connectivity index (χ0n) is 13.5. The van der Waals surface area contributed by atoms with Gasteiger partial charge in [-0.15, -0.1) is 0 Å². The number of rotatable bonds is 2. The van der Waals surface area contributed by atoms with Crippen molar-refractivity contribution in [1.82, 2.24) is 15.6 Å². The molecule has 1 heterocycles. The second kappa shape index (κ2) is 6.26. The molecule has 4 heteroatoms. The smallest absolute Gasteiger partial charge is 0.315 e. The van der Waals surface area contributed by atoms with Gasteiger partial charge >= 0.3 is 6.03 Å². The van der Waals surface area contributed by atoms with E-state index in [1.165, 1.54) is 41.4 Å². The molecular formula is C19H25N3O. The highest BCUT2D eigenvalue weighted by Gasteiger charge is 2.24. The van der Waals surface area contributed by atoms with Crippen LogP contribution >= 0.6 is 0 Å². The number of fused-ring (bicyclic) bond motifs is 3. The van der Waals surface area contributed by atoms with Gasteiger partial charge in [0.15, 0.2) is 0 Å². The number of para-hydroxylation sites is 1. The van der Waals surface area contributed by atoms with Crippen molar-refractivity contribution in [2.75, 3.05) is 0 Å². The van der Waals surface area contributed by atoms with Crippen LogP contribution in [0.15, 0.2) is 24.3 Å². The van der Waals surface area contributed by atoms with Crippen LogP contribution in [0.2, 0.25) is 0 Å². The average molecular weight is 311 g/mol. The van der Waals surface area contributed by atoms with Gasteiger partial charge in [0.25, 0.3) is 0 Å². The fourth-order valence-electron chi connectivity index (χ4n) is 4.17. The van der Waals surface area contributed by atoms with E-state index in [4.69, 9.17) is 0 Å². The molecule has 1 atom stereocenters. The Balaban J connectivity index is 1.39. The number of urea groups is 1. The Hall–Kier alpha value is -1.97. The van der Waals surface area contributed by atoms with Crippen molar-refractivity contribution in [2.45, 2.75) is 63.5 Å². The molecule has 1 unspecified atom stereocenters. The van der Waals surface area contributed by atoms with Crippen LogP contribution in [-0.4, -0.2) is 23.1 Å². The fourth-order valence-corrected chi connectivity index (χ4v) is 4.17. The summed E-state index contributed by atoms with van der Waals surface area (Å²) < 4.78 is 0. The maximum Gasteiger partial charge on any atom is 0.315 e. The lowest BCUT2D eigenvalue weighted by Gasteiger charge is -2.27. The number of amides is 2. The zero-order valence-corrected chi connectivity index (χ0v) is 13.5. The Kier molecular flexibility index (Phi) is 3.98. The molecule has 1 aromatic heterocycles. The van der Waals surface area contributed by atoms with E-state index >= 15 is 0 Å². The van der Waals surface area contributed by atoms with Crippen LogP contribution in [0.5, 0.6) is 0 Å². The van der Waals surface area contributed by atoms with Crippen LogP contribution in [0.1, 0.15) is 49.8 Å². The van der Waals surface area contributed by atoms with Crippen molar-refractivity contribution in [3.63, 3.8) is 0 Å². The maximum absolute atomic E-state index is 12.2. The van der Waals surface area contributed by atoms with Gasteiger partial charge in [-0.1, -0.05) is 37.5 Å². The SMILES string of the molecule is O=C(NC1CCCCC1)NC1CCc2c([nH]c3ccccc23)C1. The monoisotopic (exact) mass is 311 g/mol. The highest BCUT2D eigenvalue weighted by Crippen LogP contribution is 2.29. The summed E-state index contributed by atoms with van der Waals surface area (Å²) in [5, 5.41) is 7.68. The van der Waals surface area contributed by atoms with Crippen molar-refractivity contribution in [2.24, 2.45) is 0 Å². The quantitative estimate of drug-likeness (QED) is 0.779. The van der Waals surface area contributed by atoms with E-state index < -0.39 is 0 Å². The number of hydrogen-bond donors (Lipinski definition) is 3. The van der Waals surface area contributed by atoms with E-state index in [9.17, 15) is 4.79 Å². The molecule has 1 fully saturated rings. The summed E-state index contributed by atoms with van der Waals surface area (Å²) in [5.41, 5.74) is 3.94. The topological polar surface area (TPSA) is 56.9 Å². The van der Waals surface area contributed by atoms with Crippen molar-refractivity contribution in [3.05, 3.63) is 35.5 Å². The Labute approximate surface area is 137 Å². The highest BCUT2D eigenvalue weighted by molar-refractivity contribution is 5.85. The normalized spacial score (nSPS) is 21.8. The van der Waals surface area contributed by atoms with Crippen LogP contribution in [0, 0.1) is 0 Å². The van der Waals surface area contributed by atoms with Gasteiger partial charge in [-0.2, -0.15) is 0 Å². The number of aryl methyl sites for hydroxylation is 1. The van der Waals surface area contributed by atoms with Crippen molar-refractivity contribution >= 4 is 16.9 Å². The number of nitrogens with one attached hydrogen (secondary N) is 3. The van der Waals surface area contributed by atoms with E-state index in [2.05, 4.69) is 39.9 Å². The number of carbonyl (C=O) groups excluding carboxylic acids is 1. The number of benzene rings is 1. The lowest BCUT2D eigenvalue weighted by molar-refractivity contribution is 0.227. The minimum atomic E-state index is 0.0152. The first-order chi connectivity index (χ1) is 11.3. The van der Waals surface area contributed by atoms with E-state index in [-0.39, 0.29) is 12.1 Å². The molecule has 2 aromatic rings. The van der Waals surface area contributed by atoms with Crippen molar-refractivity contribution in [1.29, 1.82) is 0 Å². The second-order valence-electron chi connectivity index (χ2n) is 7.02. The molecule has 4 nitrogen and oxygen atoms in total. The standard InChI is InChI=1S/C19H25N3O/c23-19(20-13-6-2-1-3-7-13)21-14-10-11-16-15-8-4-5-9-17(15)22-18(16)12-14/h4-5,8-9,13-14,22H,1-3,6-7,10-12H2,(H2,20,21,23). The third kappa shape index (κ3) is 3.07. The van der Waals surface area contributed by atoms with Gasteiger partial charge in [0.05, 0.1) is 0 Å². The second-order valence-corrected chi connectivity index (χ2v) is 7.02. The number of aromatic nitrogens is 1. The third-order valence-corrected chi connectivity index (χ3v) is 5.37. The lowest BCUT2D eigenvalue weighted by atomic mass is 9.92. The average Bonchev–Trinajstić information content (AvgIpc) is 2.93. The number of H-pyrrole nitrogens is 1. The van der Waals surface area contributed by atoms with Crippen LogP contribution in [0.25, 0.3) is 10.9 Å². The molecule has 3 N–H and O–H groups in total. The molecule has 0 spiro atoms. The molecule has 2 amide bonds. The predicted octanol–water partition coefficient (Wildman–Crippen LogP) is 3.66. The molecule has 23 heavy (non-hydrogen) atoms. The van der Waals surface area contributed by atoms with Gasteiger partial charge in [-0.25, -0.2) is 4.79 Å². The fraction of sp³-hybridized carbons (Fsp3) is 0.526. The largest absolute Gasteiger partial charge is 0.358 e. The number of aromatic amines is 1. The van der Waals surface area contributed by atoms with Crippen LogP contribution in [0.4, 0.5) is 4.79 Å². The molecule has 1 aromatic carbocycles. The van der Waals surface area contributed by atoms with E-state index in [0.717, 1.165) is 32.1 Å². The molecule has 0 saturated heterocycles. The summed E-state index contributed by atoms with van der Waals surface area (Å²) in [6.45, 7) is 0. The summed E-state index contributed by atoms with van der Waals surface area (Å²) in [7, 11) is 0. The first-order valence-corrected chi connectivity index (χ1v) is 8.95. The van der Waals surface area contributed by atoms with E-state index in [1.807, 2.05) is 0 Å².